The zero-order chi connectivity index (χ0) is 22.7. The molecular weight excluding hydrogens is 451 g/mol. The minimum absolute atomic E-state index is 0.0517. The van der Waals surface area contributed by atoms with Gasteiger partial charge in [-0.05, 0) is 49.8 Å². The van der Waals surface area contributed by atoms with Crippen LogP contribution in [-0.4, -0.2) is 39.2 Å². The van der Waals surface area contributed by atoms with Gasteiger partial charge in [0, 0.05) is 16.5 Å². The molecule has 1 amide bonds. The maximum atomic E-state index is 12.4. The number of aliphatic hydroxyl groups excluding tert-OH is 1. The number of nitrogens with one attached hydrogen (secondary N) is 1. The number of carbonyl (C=O) groups is 1. The summed E-state index contributed by atoms with van der Waals surface area (Å²) < 4.78 is 46.5. The molecule has 2 N–H and O–H groups in total. The van der Waals surface area contributed by atoms with E-state index in [9.17, 15) is 23.1 Å². The van der Waals surface area contributed by atoms with E-state index in [0.29, 0.717) is 41.6 Å². The van der Waals surface area contributed by atoms with E-state index in [-0.39, 0.29) is 42.0 Å². The van der Waals surface area contributed by atoms with Gasteiger partial charge in [-0.1, -0.05) is 23.7 Å². The van der Waals surface area contributed by atoms with Crippen LogP contribution in [0.1, 0.15) is 67.9 Å². The van der Waals surface area contributed by atoms with E-state index in [0.717, 1.165) is 0 Å². The number of hydrogen-bond acceptors (Lipinski definition) is 6. The highest BCUT2D eigenvalue weighted by molar-refractivity contribution is 6.30. The second kappa shape index (κ2) is 7.43. The zero-order valence-corrected chi connectivity index (χ0v) is 17.6. The van der Waals surface area contributed by atoms with Crippen molar-refractivity contribution in [2.75, 3.05) is 0 Å². The molecule has 11 heteroatoms. The predicted octanol–water partition coefficient (Wildman–Crippen LogP) is 3.92. The number of aliphatic hydroxyl groups is 1. The Morgan fingerprint density at radius 2 is 1.91 bits per heavy atom. The highest BCUT2D eigenvalue weighted by Gasteiger charge is 2.71. The number of halogens is 4. The monoisotopic (exact) mass is 471 g/mol. The molecule has 1 atom stereocenters. The van der Waals surface area contributed by atoms with Gasteiger partial charge in [-0.15, -0.1) is 23.4 Å². The van der Waals surface area contributed by atoms with E-state index >= 15 is 0 Å². The summed E-state index contributed by atoms with van der Waals surface area (Å²) in [6.07, 6.45) is -4.09. The van der Waals surface area contributed by atoms with E-state index < -0.39 is 18.6 Å². The van der Waals surface area contributed by atoms with Gasteiger partial charge in [-0.2, -0.15) is 0 Å². The number of rotatable bonds is 7. The van der Waals surface area contributed by atoms with Crippen molar-refractivity contribution in [1.29, 1.82) is 0 Å². The molecule has 4 aliphatic carbocycles. The summed E-state index contributed by atoms with van der Waals surface area (Å²) in [6.45, 7) is 0. The Balaban J connectivity index is 1.10. The molecule has 1 aromatic carbocycles. The molecule has 1 aromatic heterocycles. The molecular formula is C21H21ClF3N3O4. The number of ether oxygens (including phenoxy) is 1. The highest BCUT2D eigenvalue weighted by atomic mass is 35.5. The summed E-state index contributed by atoms with van der Waals surface area (Å²) in [5.41, 5.74) is 0.0165. The van der Waals surface area contributed by atoms with Crippen molar-refractivity contribution < 1.29 is 32.2 Å². The van der Waals surface area contributed by atoms with Crippen LogP contribution in [0, 0.1) is 0 Å². The van der Waals surface area contributed by atoms with Gasteiger partial charge in [0.25, 0.3) is 0 Å². The minimum atomic E-state index is -4.63. The molecule has 0 saturated heterocycles. The smallest absolute Gasteiger partial charge is 0.424 e. The lowest BCUT2D eigenvalue weighted by Crippen LogP contribution is -2.76. The first kappa shape index (κ1) is 21.7. The molecule has 1 unspecified atom stereocenters. The largest absolute Gasteiger partial charge is 0.522 e. The van der Waals surface area contributed by atoms with Crippen LogP contribution in [0.25, 0.3) is 0 Å². The van der Waals surface area contributed by atoms with E-state index in [4.69, 9.17) is 16.0 Å². The van der Waals surface area contributed by atoms with Crippen molar-refractivity contribution in [2.45, 2.75) is 74.0 Å². The number of carbonyl (C=O) groups excluding carboxylic acids is 1. The lowest BCUT2D eigenvalue weighted by Gasteiger charge is -2.68. The van der Waals surface area contributed by atoms with Crippen LogP contribution in [-0.2, 0) is 14.9 Å². The molecule has 6 rings (SSSR count). The average Bonchev–Trinajstić information content (AvgIpc) is 3.08. The van der Waals surface area contributed by atoms with Gasteiger partial charge in [0.05, 0.1) is 24.0 Å². The van der Waals surface area contributed by atoms with E-state index in [2.05, 4.69) is 20.3 Å². The van der Waals surface area contributed by atoms with Crippen LogP contribution < -0.4 is 5.32 Å². The molecule has 172 valence electrons. The fraction of sp³-hybridized carbons (Fsp3) is 0.571. The van der Waals surface area contributed by atoms with Gasteiger partial charge in [0.15, 0.2) is 0 Å². The molecule has 1 heterocycles. The van der Waals surface area contributed by atoms with Crippen LogP contribution in [0.5, 0.6) is 0 Å². The Bertz CT molecular complexity index is 1000. The van der Waals surface area contributed by atoms with Crippen molar-refractivity contribution in [3.63, 3.8) is 0 Å². The van der Waals surface area contributed by atoms with E-state index in [1.807, 2.05) is 0 Å². The van der Waals surface area contributed by atoms with Crippen LogP contribution in [0.4, 0.5) is 13.2 Å². The van der Waals surface area contributed by atoms with Crippen LogP contribution in [0.15, 0.2) is 28.7 Å². The summed E-state index contributed by atoms with van der Waals surface area (Å²) in [4.78, 5) is 12.4. The summed E-state index contributed by atoms with van der Waals surface area (Å²) in [5.74, 6) is 0.358. The quantitative estimate of drug-likeness (QED) is 0.635. The third kappa shape index (κ3) is 3.99. The summed E-state index contributed by atoms with van der Waals surface area (Å²) in [7, 11) is 0. The predicted molar refractivity (Wildman–Crippen MR) is 105 cm³/mol. The highest BCUT2D eigenvalue weighted by Crippen LogP contribution is 2.67. The van der Waals surface area contributed by atoms with Crippen LogP contribution in [0.3, 0.4) is 0 Å². The standard InChI is InChI=1S/C21H21ClF3N3O4/c22-13-3-1-11(2-4-13)15(29)7-16(30)26-20-8-19(9-20,10-20)18-28-27-17(31-18)12-5-14(6-12)32-21(23,24)25/h1-4,12,14-15,29H,5-10H2,(H,26,30). The first-order valence-electron chi connectivity index (χ1n) is 10.4. The molecule has 4 saturated carbocycles. The van der Waals surface area contributed by atoms with Crippen LogP contribution in [0.2, 0.25) is 5.02 Å². The Hall–Kier alpha value is -2.17. The van der Waals surface area contributed by atoms with Crippen molar-refractivity contribution >= 4 is 17.5 Å². The van der Waals surface area contributed by atoms with Crippen molar-refractivity contribution in [1.82, 2.24) is 15.5 Å². The van der Waals surface area contributed by atoms with Crippen molar-refractivity contribution in [3.05, 3.63) is 46.6 Å². The van der Waals surface area contributed by atoms with Gasteiger partial charge < -0.3 is 14.8 Å². The fourth-order valence-corrected chi connectivity index (χ4v) is 5.26. The Morgan fingerprint density at radius 1 is 1.25 bits per heavy atom. The molecule has 4 fully saturated rings. The van der Waals surface area contributed by atoms with Gasteiger partial charge in [-0.25, -0.2) is 0 Å². The fourth-order valence-electron chi connectivity index (χ4n) is 5.14. The maximum Gasteiger partial charge on any atom is 0.522 e. The zero-order valence-electron chi connectivity index (χ0n) is 16.9. The Labute approximate surface area is 186 Å². The molecule has 0 radical (unpaired) electrons. The topological polar surface area (TPSA) is 97.5 Å². The van der Waals surface area contributed by atoms with Gasteiger partial charge in [0.1, 0.15) is 0 Å². The van der Waals surface area contributed by atoms with E-state index in [1.165, 1.54) is 0 Å². The number of hydrogen-bond donors (Lipinski definition) is 2. The molecule has 7 nitrogen and oxygen atoms in total. The molecule has 4 aliphatic rings. The van der Waals surface area contributed by atoms with Gasteiger partial charge >= 0.3 is 6.36 Å². The first-order chi connectivity index (χ1) is 15.0. The minimum Gasteiger partial charge on any atom is -0.424 e. The lowest BCUT2D eigenvalue weighted by molar-refractivity contribution is -0.352. The number of nitrogens with zero attached hydrogens (tertiary/aromatic N) is 2. The second-order valence-electron chi connectivity index (χ2n) is 9.21. The number of aromatic nitrogens is 2. The summed E-state index contributed by atoms with van der Waals surface area (Å²) in [5, 5.41) is 22.0. The van der Waals surface area contributed by atoms with Crippen LogP contribution >= 0.6 is 11.6 Å². The molecule has 0 spiro atoms. The average molecular weight is 472 g/mol. The van der Waals surface area contributed by atoms with Crippen molar-refractivity contribution in [2.24, 2.45) is 0 Å². The SMILES string of the molecule is O=C(CC(O)c1ccc(Cl)cc1)NC12CC(c3nnc(C4CC(OC(F)(F)F)C4)o3)(C1)C2. The molecule has 0 aliphatic heterocycles. The molecule has 2 bridgehead atoms. The van der Waals surface area contributed by atoms with Gasteiger partial charge in [-0.3, -0.25) is 9.53 Å². The number of alkyl halides is 3. The Morgan fingerprint density at radius 3 is 2.53 bits per heavy atom. The normalized spacial score (nSPS) is 31.8. The summed E-state index contributed by atoms with van der Waals surface area (Å²) >= 11 is 5.84. The second-order valence-corrected chi connectivity index (χ2v) is 9.65. The molecule has 2 aromatic rings. The van der Waals surface area contributed by atoms with Gasteiger partial charge in [0.2, 0.25) is 17.7 Å². The summed E-state index contributed by atoms with van der Waals surface area (Å²) in [6, 6.07) is 6.69. The third-order valence-corrected chi connectivity index (χ3v) is 6.96. The van der Waals surface area contributed by atoms with E-state index in [1.54, 1.807) is 24.3 Å². The number of benzene rings is 1. The maximum absolute atomic E-state index is 12.4. The lowest BCUT2D eigenvalue weighted by atomic mass is 9.39. The third-order valence-electron chi connectivity index (χ3n) is 6.71. The van der Waals surface area contributed by atoms with Crippen molar-refractivity contribution in [3.8, 4) is 0 Å². The number of amides is 1. The first-order valence-corrected chi connectivity index (χ1v) is 10.8. The molecule has 32 heavy (non-hydrogen) atoms. The Kier molecular flexibility index (Phi) is 5.03.